The Hall–Kier alpha value is -1.87. The summed E-state index contributed by atoms with van der Waals surface area (Å²) in [5.74, 6) is 0. The fraction of sp³-hybridized carbons (Fsp3) is 0.312. The van der Waals surface area contributed by atoms with Crippen molar-refractivity contribution in [2.45, 2.75) is 26.5 Å². The Bertz CT molecular complexity index is 511. The first-order valence-electron chi connectivity index (χ1n) is 6.64. The molecule has 0 saturated carbocycles. The van der Waals surface area contributed by atoms with E-state index in [0.717, 1.165) is 30.0 Å². The molecule has 1 heterocycles. The van der Waals surface area contributed by atoms with Crippen LogP contribution in [0.25, 0.3) is 0 Å². The molecule has 1 atom stereocenters. The molecule has 0 bridgehead atoms. The molecule has 19 heavy (non-hydrogen) atoms. The van der Waals surface area contributed by atoms with E-state index in [1.54, 1.807) is 6.92 Å². The molecule has 0 fully saturated rings. The van der Waals surface area contributed by atoms with Crippen molar-refractivity contribution in [3.8, 4) is 0 Å². The molecule has 0 saturated heterocycles. The summed E-state index contributed by atoms with van der Waals surface area (Å²) in [5.41, 5.74) is 3.07. The van der Waals surface area contributed by atoms with Crippen LogP contribution in [0.4, 0.5) is 5.69 Å². The van der Waals surface area contributed by atoms with Crippen molar-refractivity contribution >= 4 is 5.69 Å². The first kappa shape index (κ1) is 13.6. The van der Waals surface area contributed by atoms with Crippen molar-refractivity contribution < 1.29 is 5.11 Å². The molecule has 1 N–H and O–H groups in total. The zero-order chi connectivity index (χ0) is 13.7. The smallest absolute Gasteiger partial charge is 0.0781 e. The van der Waals surface area contributed by atoms with Gasteiger partial charge in [-0.15, -0.1) is 0 Å². The quantitative estimate of drug-likeness (QED) is 0.892. The molecule has 2 rings (SSSR count). The Morgan fingerprint density at radius 3 is 2.53 bits per heavy atom. The number of para-hydroxylation sites is 1. The third kappa shape index (κ3) is 3.32. The summed E-state index contributed by atoms with van der Waals surface area (Å²) in [6, 6.07) is 13.9. The van der Waals surface area contributed by atoms with Crippen LogP contribution in [0.2, 0.25) is 0 Å². The van der Waals surface area contributed by atoms with E-state index in [1.807, 2.05) is 42.6 Å². The fourth-order valence-corrected chi connectivity index (χ4v) is 2.18. The molecule has 3 heteroatoms. The van der Waals surface area contributed by atoms with E-state index in [9.17, 15) is 5.11 Å². The molecular formula is C16H20N2O. The normalized spacial score (nSPS) is 12.2. The molecule has 0 amide bonds. The van der Waals surface area contributed by atoms with E-state index in [2.05, 4.69) is 22.9 Å². The Morgan fingerprint density at radius 1 is 1.16 bits per heavy atom. The van der Waals surface area contributed by atoms with Crippen LogP contribution < -0.4 is 4.90 Å². The molecule has 100 valence electrons. The lowest BCUT2D eigenvalue weighted by Crippen LogP contribution is -2.24. The van der Waals surface area contributed by atoms with Gasteiger partial charge in [0.1, 0.15) is 0 Å². The highest BCUT2D eigenvalue weighted by atomic mass is 16.3. The number of rotatable bonds is 5. The molecule has 0 aliphatic rings. The highest BCUT2D eigenvalue weighted by Gasteiger charge is 2.13. The molecule has 1 aromatic carbocycles. The molecule has 0 unspecified atom stereocenters. The molecule has 2 aromatic rings. The second kappa shape index (κ2) is 6.34. The van der Waals surface area contributed by atoms with Crippen LogP contribution in [-0.2, 0) is 6.54 Å². The van der Waals surface area contributed by atoms with Crippen molar-refractivity contribution in [1.29, 1.82) is 0 Å². The zero-order valence-corrected chi connectivity index (χ0v) is 11.5. The predicted molar refractivity (Wildman–Crippen MR) is 78.0 cm³/mol. The highest BCUT2D eigenvalue weighted by Crippen LogP contribution is 2.26. The molecule has 0 radical (unpaired) electrons. The standard InChI is InChI=1S/C16H20N2O/c1-3-18(12-14-8-6-7-11-17-14)16-10-5-4-9-15(16)13(2)19/h4-11,13,19H,3,12H2,1-2H3/t13-/m0/s1. The number of pyridine rings is 1. The summed E-state index contributed by atoms with van der Waals surface area (Å²) < 4.78 is 0. The average molecular weight is 256 g/mol. The van der Waals surface area contributed by atoms with Crippen molar-refractivity contribution in [1.82, 2.24) is 4.98 Å². The Morgan fingerprint density at radius 2 is 1.89 bits per heavy atom. The van der Waals surface area contributed by atoms with Gasteiger partial charge in [0.25, 0.3) is 0 Å². The van der Waals surface area contributed by atoms with E-state index in [1.165, 1.54) is 0 Å². The van der Waals surface area contributed by atoms with Gasteiger partial charge in [-0.25, -0.2) is 0 Å². The van der Waals surface area contributed by atoms with Crippen LogP contribution in [-0.4, -0.2) is 16.6 Å². The maximum absolute atomic E-state index is 9.87. The van der Waals surface area contributed by atoms with Crippen LogP contribution >= 0.6 is 0 Å². The monoisotopic (exact) mass is 256 g/mol. The molecule has 0 aliphatic heterocycles. The van der Waals surface area contributed by atoms with E-state index in [4.69, 9.17) is 0 Å². The average Bonchev–Trinajstić information content (AvgIpc) is 2.46. The molecule has 3 nitrogen and oxygen atoms in total. The number of hydrogen-bond donors (Lipinski definition) is 1. The van der Waals surface area contributed by atoms with Crippen LogP contribution in [0.3, 0.4) is 0 Å². The van der Waals surface area contributed by atoms with Crippen molar-refractivity contribution in [2.24, 2.45) is 0 Å². The van der Waals surface area contributed by atoms with Gasteiger partial charge in [-0.3, -0.25) is 4.98 Å². The van der Waals surface area contributed by atoms with E-state index in [-0.39, 0.29) is 0 Å². The van der Waals surface area contributed by atoms with Gasteiger partial charge in [0.2, 0.25) is 0 Å². The number of aromatic nitrogens is 1. The molecule has 0 spiro atoms. The van der Waals surface area contributed by atoms with Gasteiger partial charge in [-0.2, -0.15) is 0 Å². The minimum Gasteiger partial charge on any atom is -0.389 e. The van der Waals surface area contributed by atoms with E-state index in [0.29, 0.717) is 0 Å². The topological polar surface area (TPSA) is 36.4 Å². The summed E-state index contributed by atoms with van der Waals surface area (Å²) in [6.07, 6.45) is 1.35. The summed E-state index contributed by atoms with van der Waals surface area (Å²) in [5, 5.41) is 9.87. The van der Waals surface area contributed by atoms with Crippen molar-refractivity contribution in [3.05, 3.63) is 59.9 Å². The lowest BCUT2D eigenvalue weighted by Gasteiger charge is -2.26. The van der Waals surface area contributed by atoms with Crippen LogP contribution in [0.1, 0.15) is 31.2 Å². The minimum absolute atomic E-state index is 0.464. The number of benzene rings is 1. The summed E-state index contributed by atoms with van der Waals surface area (Å²) >= 11 is 0. The second-order valence-corrected chi connectivity index (χ2v) is 4.57. The van der Waals surface area contributed by atoms with E-state index >= 15 is 0 Å². The second-order valence-electron chi connectivity index (χ2n) is 4.57. The Labute approximate surface area is 114 Å². The van der Waals surface area contributed by atoms with Gasteiger partial charge in [-0.1, -0.05) is 24.3 Å². The number of anilines is 1. The first-order chi connectivity index (χ1) is 9.22. The summed E-state index contributed by atoms with van der Waals surface area (Å²) in [6.45, 7) is 5.54. The van der Waals surface area contributed by atoms with Crippen LogP contribution in [0.5, 0.6) is 0 Å². The van der Waals surface area contributed by atoms with Gasteiger partial charge < -0.3 is 10.0 Å². The number of nitrogens with zero attached hydrogens (tertiary/aromatic N) is 2. The summed E-state index contributed by atoms with van der Waals surface area (Å²) in [7, 11) is 0. The van der Waals surface area contributed by atoms with Crippen molar-refractivity contribution in [2.75, 3.05) is 11.4 Å². The number of aliphatic hydroxyl groups is 1. The largest absolute Gasteiger partial charge is 0.389 e. The van der Waals surface area contributed by atoms with Crippen LogP contribution in [0, 0.1) is 0 Å². The Kier molecular flexibility index (Phi) is 4.53. The summed E-state index contributed by atoms with van der Waals surface area (Å²) in [4.78, 5) is 6.59. The molecular weight excluding hydrogens is 236 g/mol. The third-order valence-corrected chi connectivity index (χ3v) is 3.19. The maximum Gasteiger partial charge on any atom is 0.0781 e. The predicted octanol–water partition coefficient (Wildman–Crippen LogP) is 3.16. The molecule has 1 aromatic heterocycles. The van der Waals surface area contributed by atoms with Crippen LogP contribution in [0.15, 0.2) is 48.7 Å². The zero-order valence-electron chi connectivity index (χ0n) is 11.5. The maximum atomic E-state index is 9.87. The number of aliphatic hydroxyl groups excluding tert-OH is 1. The van der Waals surface area contributed by atoms with Crippen molar-refractivity contribution in [3.63, 3.8) is 0 Å². The van der Waals surface area contributed by atoms with Gasteiger partial charge in [0, 0.05) is 24.0 Å². The van der Waals surface area contributed by atoms with Gasteiger partial charge >= 0.3 is 0 Å². The lowest BCUT2D eigenvalue weighted by atomic mass is 10.1. The number of hydrogen-bond acceptors (Lipinski definition) is 3. The highest BCUT2D eigenvalue weighted by molar-refractivity contribution is 5.54. The first-order valence-corrected chi connectivity index (χ1v) is 6.64. The van der Waals surface area contributed by atoms with Gasteiger partial charge in [0.05, 0.1) is 18.3 Å². The fourth-order valence-electron chi connectivity index (χ4n) is 2.18. The van der Waals surface area contributed by atoms with Gasteiger partial charge in [-0.05, 0) is 32.0 Å². The lowest BCUT2D eigenvalue weighted by molar-refractivity contribution is 0.199. The van der Waals surface area contributed by atoms with Gasteiger partial charge in [0.15, 0.2) is 0 Å². The Balaban J connectivity index is 2.27. The third-order valence-electron chi connectivity index (χ3n) is 3.19. The molecule has 0 aliphatic carbocycles. The van der Waals surface area contributed by atoms with E-state index < -0.39 is 6.10 Å². The minimum atomic E-state index is -0.464. The SMILES string of the molecule is CCN(Cc1ccccn1)c1ccccc1[C@H](C)O.